The van der Waals surface area contributed by atoms with Gasteiger partial charge >= 0.3 is 0 Å². The predicted molar refractivity (Wildman–Crippen MR) is 136 cm³/mol. The molecule has 1 aromatic heterocycles. The number of aromatic nitrogens is 1. The first kappa shape index (κ1) is 26.1. The average molecular weight is 498 g/mol. The fraction of sp³-hybridized carbons (Fsp3) is 0.536. The van der Waals surface area contributed by atoms with Gasteiger partial charge < -0.3 is 19.9 Å². The van der Waals surface area contributed by atoms with Crippen molar-refractivity contribution >= 4 is 11.8 Å². The molecule has 2 aromatic rings. The van der Waals surface area contributed by atoms with Crippen molar-refractivity contribution in [3.63, 3.8) is 0 Å². The highest BCUT2D eigenvalue weighted by atomic mass is 19.1. The fourth-order valence-electron chi connectivity index (χ4n) is 5.06. The van der Waals surface area contributed by atoms with Crippen LogP contribution in [0.5, 0.6) is 0 Å². The highest BCUT2D eigenvalue weighted by molar-refractivity contribution is 5.99. The Labute approximate surface area is 211 Å². The number of halogens is 1. The maximum absolute atomic E-state index is 13.4. The Morgan fingerprint density at radius 3 is 2.39 bits per heavy atom. The van der Waals surface area contributed by atoms with Gasteiger partial charge in [-0.2, -0.15) is 0 Å². The SMILES string of the molecule is O=C(NCCc1cccc(F)c1)c1cn(C[C@@H]2CCCO2)cc(C(=O)NC2CCCCCCC2)c1=O. The third kappa shape index (κ3) is 7.26. The standard InChI is InChI=1S/C28H36FN3O4/c29-21-9-6-8-20(16-21)13-14-30-27(34)24-18-32(17-23-12-7-15-36-23)19-25(26(24)33)28(35)31-22-10-4-2-1-3-5-11-22/h6,8-9,16,18-19,22-23H,1-5,7,10-15,17H2,(H,30,34)(H,31,35)/t23-/m0/s1. The molecule has 1 saturated heterocycles. The van der Waals surface area contributed by atoms with Gasteiger partial charge in [-0.15, -0.1) is 0 Å². The predicted octanol–water partition coefficient (Wildman–Crippen LogP) is 3.98. The third-order valence-electron chi connectivity index (χ3n) is 7.04. The Balaban J connectivity index is 1.50. The van der Waals surface area contributed by atoms with Crippen molar-refractivity contribution in [2.45, 2.75) is 82.9 Å². The summed E-state index contributed by atoms with van der Waals surface area (Å²) in [4.78, 5) is 39.5. The van der Waals surface area contributed by atoms with E-state index in [-0.39, 0.29) is 35.6 Å². The van der Waals surface area contributed by atoms with E-state index in [0.29, 0.717) is 19.6 Å². The molecule has 1 aliphatic heterocycles. The van der Waals surface area contributed by atoms with Gasteiger partial charge in [0.25, 0.3) is 11.8 Å². The van der Waals surface area contributed by atoms with Crippen molar-refractivity contribution in [3.05, 3.63) is 69.4 Å². The lowest BCUT2D eigenvalue weighted by atomic mass is 9.96. The van der Waals surface area contributed by atoms with Crippen LogP contribution in [0.3, 0.4) is 0 Å². The molecule has 7 nitrogen and oxygen atoms in total. The van der Waals surface area contributed by atoms with E-state index in [4.69, 9.17) is 4.74 Å². The van der Waals surface area contributed by atoms with Gasteiger partial charge in [0, 0.05) is 38.1 Å². The highest BCUT2D eigenvalue weighted by Gasteiger charge is 2.23. The molecule has 0 bridgehead atoms. The lowest BCUT2D eigenvalue weighted by Crippen LogP contribution is -2.40. The number of rotatable bonds is 8. The van der Waals surface area contributed by atoms with Gasteiger partial charge in [0.1, 0.15) is 16.9 Å². The summed E-state index contributed by atoms with van der Waals surface area (Å²) in [5, 5.41) is 5.80. The lowest BCUT2D eigenvalue weighted by Gasteiger charge is -2.21. The minimum Gasteiger partial charge on any atom is -0.376 e. The lowest BCUT2D eigenvalue weighted by molar-refractivity contribution is 0.0914. The molecule has 2 aliphatic rings. The molecule has 2 fully saturated rings. The number of amides is 2. The molecule has 8 heteroatoms. The maximum atomic E-state index is 13.4. The quantitative estimate of drug-likeness (QED) is 0.577. The van der Waals surface area contributed by atoms with Crippen LogP contribution in [0, 0.1) is 5.82 Å². The molecule has 1 aliphatic carbocycles. The molecule has 0 spiro atoms. The number of benzene rings is 1. The molecule has 36 heavy (non-hydrogen) atoms. The van der Waals surface area contributed by atoms with E-state index in [1.165, 1.54) is 24.8 Å². The van der Waals surface area contributed by atoms with Gasteiger partial charge in [-0.25, -0.2) is 4.39 Å². The van der Waals surface area contributed by atoms with Gasteiger partial charge in [-0.1, -0.05) is 44.2 Å². The summed E-state index contributed by atoms with van der Waals surface area (Å²) in [5.74, 6) is -1.31. The number of hydrogen-bond donors (Lipinski definition) is 2. The van der Waals surface area contributed by atoms with E-state index in [9.17, 15) is 18.8 Å². The molecule has 1 saturated carbocycles. The van der Waals surface area contributed by atoms with E-state index in [1.54, 1.807) is 22.9 Å². The van der Waals surface area contributed by atoms with Crippen LogP contribution in [0.2, 0.25) is 0 Å². The first-order valence-electron chi connectivity index (χ1n) is 13.2. The Morgan fingerprint density at radius 2 is 1.69 bits per heavy atom. The van der Waals surface area contributed by atoms with E-state index >= 15 is 0 Å². The second-order valence-corrected chi connectivity index (χ2v) is 9.90. The maximum Gasteiger partial charge on any atom is 0.256 e. The molecule has 2 heterocycles. The summed E-state index contributed by atoms with van der Waals surface area (Å²) < 4.78 is 20.9. The Morgan fingerprint density at radius 1 is 0.972 bits per heavy atom. The van der Waals surface area contributed by atoms with Crippen LogP contribution in [0.4, 0.5) is 4.39 Å². The van der Waals surface area contributed by atoms with E-state index in [0.717, 1.165) is 56.9 Å². The van der Waals surface area contributed by atoms with Crippen molar-refractivity contribution in [1.82, 2.24) is 15.2 Å². The van der Waals surface area contributed by atoms with Gasteiger partial charge in [0.05, 0.1) is 6.10 Å². The van der Waals surface area contributed by atoms with Crippen LogP contribution in [-0.2, 0) is 17.7 Å². The molecular weight excluding hydrogens is 461 g/mol. The summed E-state index contributed by atoms with van der Waals surface area (Å²) in [6, 6.07) is 6.22. The molecule has 4 rings (SSSR count). The van der Waals surface area contributed by atoms with E-state index in [2.05, 4.69) is 10.6 Å². The van der Waals surface area contributed by atoms with Gasteiger partial charge in [0.15, 0.2) is 0 Å². The van der Waals surface area contributed by atoms with Crippen molar-refractivity contribution in [1.29, 1.82) is 0 Å². The first-order chi connectivity index (χ1) is 17.5. The van der Waals surface area contributed by atoms with Crippen LogP contribution in [0.1, 0.15) is 84.1 Å². The molecular formula is C28H36FN3O4. The van der Waals surface area contributed by atoms with E-state index in [1.807, 2.05) is 0 Å². The minimum atomic E-state index is -0.579. The average Bonchev–Trinajstić information content (AvgIpc) is 3.34. The van der Waals surface area contributed by atoms with Gasteiger partial charge in [-0.05, 0) is 49.8 Å². The Kier molecular flexibility index (Phi) is 9.28. The second-order valence-electron chi connectivity index (χ2n) is 9.90. The van der Waals surface area contributed by atoms with Crippen molar-refractivity contribution < 1.29 is 18.7 Å². The van der Waals surface area contributed by atoms with E-state index < -0.39 is 17.2 Å². The Bertz CT molecular complexity index is 1100. The largest absolute Gasteiger partial charge is 0.376 e. The monoisotopic (exact) mass is 497 g/mol. The summed E-state index contributed by atoms with van der Waals surface area (Å²) in [6.45, 7) is 1.40. The zero-order chi connectivity index (χ0) is 25.3. The number of hydrogen-bond acceptors (Lipinski definition) is 4. The number of nitrogens with zero attached hydrogens (tertiary/aromatic N) is 1. The smallest absolute Gasteiger partial charge is 0.256 e. The van der Waals surface area contributed by atoms with Crippen LogP contribution in [0.25, 0.3) is 0 Å². The summed E-state index contributed by atoms with van der Waals surface area (Å²) >= 11 is 0. The summed E-state index contributed by atoms with van der Waals surface area (Å²) in [6.07, 6.45) is 12.8. The number of nitrogens with one attached hydrogen (secondary N) is 2. The second kappa shape index (κ2) is 12.8. The Hall–Kier alpha value is -3.00. The summed E-state index contributed by atoms with van der Waals surface area (Å²) in [7, 11) is 0. The van der Waals surface area contributed by atoms with Gasteiger partial charge in [-0.3, -0.25) is 14.4 Å². The molecule has 2 N–H and O–H groups in total. The van der Waals surface area contributed by atoms with Crippen LogP contribution in [0.15, 0.2) is 41.5 Å². The highest BCUT2D eigenvalue weighted by Crippen LogP contribution is 2.18. The van der Waals surface area contributed by atoms with Crippen molar-refractivity contribution in [2.24, 2.45) is 0 Å². The summed E-state index contributed by atoms with van der Waals surface area (Å²) in [5.41, 5.74) is 0.0778. The molecule has 1 aromatic carbocycles. The third-order valence-corrected chi connectivity index (χ3v) is 7.04. The zero-order valence-corrected chi connectivity index (χ0v) is 20.8. The molecule has 2 amide bonds. The van der Waals surface area contributed by atoms with Crippen LogP contribution >= 0.6 is 0 Å². The van der Waals surface area contributed by atoms with Crippen molar-refractivity contribution in [3.8, 4) is 0 Å². The number of pyridine rings is 1. The molecule has 0 unspecified atom stereocenters. The number of ether oxygens (including phenoxy) is 1. The zero-order valence-electron chi connectivity index (χ0n) is 20.8. The van der Waals surface area contributed by atoms with Crippen molar-refractivity contribution in [2.75, 3.05) is 13.2 Å². The minimum absolute atomic E-state index is 0.0158. The molecule has 1 atom stereocenters. The number of carbonyl (C=O) groups excluding carboxylic acids is 2. The first-order valence-corrected chi connectivity index (χ1v) is 13.2. The topological polar surface area (TPSA) is 89.4 Å². The molecule has 194 valence electrons. The van der Waals surface area contributed by atoms with Crippen LogP contribution < -0.4 is 16.1 Å². The fourth-order valence-corrected chi connectivity index (χ4v) is 5.06. The van der Waals surface area contributed by atoms with Crippen LogP contribution in [-0.4, -0.2) is 41.7 Å². The number of carbonyl (C=O) groups is 2. The molecule has 0 radical (unpaired) electrons. The normalized spacial score (nSPS) is 18.9. The van der Waals surface area contributed by atoms with Gasteiger partial charge in [0.2, 0.25) is 5.43 Å².